The number of ether oxygens (including phenoxy) is 1. The van der Waals surface area contributed by atoms with Gasteiger partial charge in [0.05, 0.1) is 17.5 Å². The van der Waals surface area contributed by atoms with Crippen molar-refractivity contribution in [3.05, 3.63) is 18.2 Å². The Hall–Kier alpha value is -1.43. The van der Waals surface area contributed by atoms with Gasteiger partial charge < -0.3 is 15.4 Å². The van der Waals surface area contributed by atoms with Crippen molar-refractivity contribution in [3.8, 4) is 5.75 Å². The number of hydrogen-bond donors (Lipinski definition) is 2. The van der Waals surface area contributed by atoms with Crippen LogP contribution >= 0.6 is 0 Å². The number of hydrogen-bond acceptors (Lipinski definition) is 5. The maximum Gasteiger partial charge on any atom is 0.147 e. The monoisotopic (exact) mass is 298 g/mol. The number of fused-ring (bicyclic) bond motifs is 1. The Morgan fingerprint density at radius 1 is 1.40 bits per heavy atom. The minimum absolute atomic E-state index is 0.117. The molecule has 0 spiro atoms. The van der Waals surface area contributed by atoms with Gasteiger partial charge in [0, 0.05) is 18.8 Å². The van der Waals surface area contributed by atoms with E-state index in [1.54, 1.807) is 0 Å². The van der Waals surface area contributed by atoms with Crippen molar-refractivity contribution in [1.29, 1.82) is 0 Å². The fourth-order valence-electron chi connectivity index (χ4n) is 2.21. The Morgan fingerprint density at radius 2 is 2.15 bits per heavy atom. The van der Waals surface area contributed by atoms with Crippen molar-refractivity contribution in [2.24, 2.45) is 0 Å². The normalized spacial score (nSPS) is 18.1. The van der Waals surface area contributed by atoms with Crippen LogP contribution in [0.3, 0.4) is 0 Å². The quantitative estimate of drug-likeness (QED) is 0.871. The molecule has 20 heavy (non-hydrogen) atoms. The van der Waals surface area contributed by atoms with Gasteiger partial charge in [0.1, 0.15) is 21.3 Å². The number of anilines is 2. The van der Waals surface area contributed by atoms with Crippen LogP contribution in [0.4, 0.5) is 11.4 Å². The molecular weight excluding hydrogens is 276 g/mol. The largest absolute Gasteiger partial charge is 0.489 e. The van der Waals surface area contributed by atoms with Crippen molar-refractivity contribution < 1.29 is 13.2 Å². The number of nitrogens with one attached hydrogen (secondary N) is 2. The number of para-hydroxylation sites is 1. The highest BCUT2D eigenvalue weighted by molar-refractivity contribution is 7.90. The van der Waals surface area contributed by atoms with Gasteiger partial charge in [-0.2, -0.15) is 0 Å². The highest BCUT2D eigenvalue weighted by Crippen LogP contribution is 2.36. The smallest absolute Gasteiger partial charge is 0.147 e. The second-order valence-corrected chi connectivity index (χ2v) is 7.75. The third kappa shape index (κ3) is 4.03. The zero-order chi connectivity index (χ0) is 14.8. The lowest BCUT2D eigenvalue weighted by Gasteiger charge is -2.30. The molecule has 0 fully saturated rings. The molecule has 0 saturated heterocycles. The van der Waals surface area contributed by atoms with Crippen LogP contribution < -0.4 is 15.4 Å². The molecular formula is C14H22N2O3S. The number of sulfone groups is 1. The van der Waals surface area contributed by atoms with Crippen LogP contribution in [0.1, 0.15) is 20.3 Å². The van der Waals surface area contributed by atoms with E-state index in [0.717, 1.165) is 17.1 Å². The summed E-state index contributed by atoms with van der Waals surface area (Å²) in [4.78, 5) is 0. The molecule has 1 aromatic carbocycles. The SMILES string of the molecule is CC(C)Oc1cccc2c1NCC(CCS(C)(=O)=O)N2. The van der Waals surface area contributed by atoms with Gasteiger partial charge in [0.25, 0.3) is 0 Å². The van der Waals surface area contributed by atoms with Crippen LogP contribution in [0, 0.1) is 0 Å². The standard InChI is InChI=1S/C14H22N2O3S/c1-10(2)19-13-6-4-5-12-14(13)15-9-11(16-12)7-8-20(3,17)18/h4-6,10-11,15-16H,7-9H2,1-3H3. The Balaban J connectivity index is 2.07. The van der Waals surface area contributed by atoms with Gasteiger partial charge in [0.15, 0.2) is 0 Å². The van der Waals surface area contributed by atoms with Crippen molar-refractivity contribution in [2.75, 3.05) is 29.2 Å². The maximum atomic E-state index is 11.2. The molecule has 0 saturated carbocycles. The molecule has 112 valence electrons. The molecule has 1 heterocycles. The molecule has 0 radical (unpaired) electrons. The first-order valence-corrected chi connectivity index (χ1v) is 8.89. The second kappa shape index (κ2) is 5.91. The summed E-state index contributed by atoms with van der Waals surface area (Å²) >= 11 is 0. The molecule has 0 amide bonds. The Bertz CT molecular complexity index is 570. The first-order chi connectivity index (χ1) is 9.35. The molecule has 0 aromatic heterocycles. The van der Waals surface area contributed by atoms with Crippen molar-refractivity contribution in [1.82, 2.24) is 0 Å². The predicted molar refractivity (Wildman–Crippen MR) is 82.4 cm³/mol. The summed E-state index contributed by atoms with van der Waals surface area (Å²) in [5.41, 5.74) is 1.92. The summed E-state index contributed by atoms with van der Waals surface area (Å²) in [7, 11) is -2.92. The van der Waals surface area contributed by atoms with Crippen LogP contribution in [0.2, 0.25) is 0 Å². The van der Waals surface area contributed by atoms with Crippen LogP contribution in [-0.2, 0) is 9.84 Å². The minimum Gasteiger partial charge on any atom is -0.489 e. The minimum atomic E-state index is -2.92. The predicted octanol–water partition coefficient (Wildman–Crippen LogP) is 2.11. The van der Waals surface area contributed by atoms with Gasteiger partial charge in [-0.15, -0.1) is 0 Å². The van der Waals surface area contributed by atoms with E-state index in [2.05, 4.69) is 10.6 Å². The summed E-state index contributed by atoms with van der Waals surface area (Å²) in [6, 6.07) is 5.96. The summed E-state index contributed by atoms with van der Waals surface area (Å²) in [6.45, 7) is 4.68. The molecule has 1 aromatic rings. The number of benzene rings is 1. The van der Waals surface area contributed by atoms with E-state index in [0.29, 0.717) is 13.0 Å². The van der Waals surface area contributed by atoms with E-state index in [1.165, 1.54) is 6.26 Å². The third-order valence-electron chi connectivity index (χ3n) is 3.11. The van der Waals surface area contributed by atoms with Gasteiger partial charge in [-0.05, 0) is 32.4 Å². The summed E-state index contributed by atoms with van der Waals surface area (Å²) in [6.07, 6.45) is 1.98. The molecule has 6 heteroatoms. The highest BCUT2D eigenvalue weighted by atomic mass is 32.2. The van der Waals surface area contributed by atoms with E-state index < -0.39 is 9.84 Å². The van der Waals surface area contributed by atoms with E-state index in [-0.39, 0.29) is 17.9 Å². The van der Waals surface area contributed by atoms with Gasteiger partial charge in [-0.1, -0.05) is 6.07 Å². The first-order valence-electron chi connectivity index (χ1n) is 6.83. The molecule has 2 N–H and O–H groups in total. The first kappa shape index (κ1) is 15.0. The van der Waals surface area contributed by atoms with Crippen LogP contribution in [0.15, 0.2) is 18.2 Å². The zero-order valence-corrected chi connectivity index (χ0v) is 13.0. The number of rotatable bonds is 5. The fourth-order valence-corrected chi connectivity index (χ4v) is 2.93. The molecule has 1 unspecified atom stereocenters. The Morgan fingerprint density at radius 3 is 2.80 bits per heavy atom. The van der Waals surface area contributed by atoms with Crippen molar-refractivity contribution in [3.63, 3.8) is 0 Å². The van der Waals surface area contributed by atoms with Gasteiger partial charge in [0.2, 0.25) is 0 Å². The lowest BCUT2D eigenvalue weighted by molar-refractivity contribution is 0.243. The van der Waals surface area contributed by atoms with E-state index >= 15 is 0 Å². The second-order valence-electron chi connectivity index (χ2n) is 5.49. The van der Waals surface area contributed by atoms with Crippen LogP contribution in [0.25, 0.3) is 0 Å². The molecule has 1 aliphatic heterocycles. The summed E-state index contributed by atoms with van der Waals surface area (Å²) < 4.78 is 28.2. The lowest BCUT2D eigenvalue weighted by atomic mass is 10.1. The van der Waals surface area contributed by atoms with Gasteiger partial charge in [-0.25, -0.2) is 8.42 Å². The lowest BCUT2D eigenvalue weighted by Crippen LogP contribution is -2.34. The van der Waals surface area contributed by atoms with Crippen molar-refractivity contribution in [2.45, 2.75) is 32.4 Å². The fraction of sp³-hybridized carbons (Fsp3) is 0.571. The van der Waals surface area contributed by atoms with Crippen LogP contribution in [0.5, 0.6) is 5.75 Å². The average Bonchev–Trinajstić information content (AvgIpc) is 2.35. The van der Waals surface area contributed by atoms with Gasteiger partial charge in [-0.3, -0.25) is 0 Å². The summed E-state index contributed by atoms with van der Waals surface area (Å²) in [5.74, 6) is 1.02. The zero-order valence-electron chi connectivity index (χ0n) is 12.1. The van der Waals surface area contributed by atoms with E-state index in [4.69, 9.17) is 4.74 Å². The molecule has 0 aliphatic carbocycles. The topological polar surface area (TPSA) is 67.4 Å². The molecule has 1 atom stereocenters. The summed E-state index contributed by atoms with van der Waals surface area (Å²) in [5, 5.41) is 6.72. The average molecular weight is 298 g/mol. The molecule has 0 bridgehead atoms. The van der Waals surface area contributed by atoms with Gasteiger partial charge >= 0.3 is 0 Å². The Kier molecular flexibility index (Phi) is 4.42. The van der Waals surface area contributed by atoms with Crippen LogP contribution in [-0.4, -0.2) is 39.1 Å². The third-order valence-corrected chi connectivity index (χ3v) is 4.09. The highest BCUT2D eigenvalue weighted by Gasteiger charge is 2.21. The molecule has 2 rings (SSSR count). The van der Waals surface area contributed by atoms with Crippen molar-refractivity contribution >= 4 is 21.2 Å². The molecule has 5 nitrogen and oxygen atoms in total. The van der Waals surface area contributed by atoms with E-state index in [9.17, 15) is 8.42 Å². The molecule has 1 aliphatic rings. The Labute approximate surface area is 120 Å². The van der Waals surface area contributed by atoms with E-state index in [1.807, 2.05) is 32.0 Å². The maximum absolute atomic E-state index is 11.2.